The highest BCUT2D eigenvalue weighted by atomic mass is 127. The summed E-state index contributed by atoms with van der Waals surface area (Å²) in [4.78, 5) is 22.2. The Labute approximate surface area is 105 Å². The lowest BCUT2D eigenvalue weighted by Crippen LogP contribution is -2.54. The van der Waals surface area contributed by atoms with Crippen molar-refractivity contribution in [1.82, 2.24) is 0 Å². The number of aliphatic hydroxyl groups excluding tert-OH is 4. The number of Topliss-reactive ketones (excluding diaryl/α,β-unsaturated/α-hetero) is 2. The van der Waals surface area contributed by atoms with Crippen LogP contribution in [0.4, 0.5) is 0 Å². The van der Waals surface area contributed by atoms with Gasteiger partial charge in [0.1, 0.15) is 24.4 Å². The Bertz CT molecular complexity index is 261. The van der Waals surface area contributed by atoms with E-state index >= 15 is 0 Å². The Balaban J connectivity index is 4.54. The van der Waals surface area contributed by atoms with Crippen LogP contribution < -0.4 is 5.73 Å². The number of halogens is 1. The minimum Gasteiger partial charge on any atom is -0.394 e. The van der Waals surface area contributed by atoms with Crippen LogP contribution in [-0.4, -0.2) is 67.4 Å². The highest BCUT2D eigenvalue weighted by Crippen LogP contribution is 2.05. The summed E-state index contributed by atoms with van der Waals surface area (Å²) in [6.07, 6.45) is -5.21. The van der Waals surface area contributed by atoms with Crippen LogP contribution in [0.1, 0.15) is 0 Å². The van der Waals surface area contributed by atoms with Gasteiger partial charge in [-0.3, -0.25) is 9.59 Å². The molecule has 0 rings (SSSR count). The van der Waals surface area contributed by atoms with Crippen LogP contribution in [0.3, 0.4) is 0 Å². The van der Waals surface area contributed by atoms with E-state index in [0.29, 0.717) is 0 Å². The molecule has 0 heterocycles. The predicted molar refractivity (Wildman–Crippen MR) is 62.0 cm³/mol. The van der Waals surface area contributed by atoms with Crippen molar-refractivity contribution < 1.29 is 30.0 Å². The van der Waals surface area contributed by atoms with Crippen molar-refractivity contribution in [3.8, 4) is 0 Å². The minimum atomic E-state index is -1.80. The molecule has 0 aliphatic heterocycles. The molecule has 6 N–H and O–H groups in total. The largest absolute Gasteiger partial charge is 0.394 e. The van der Waals surface area contributed by atoms with E-state index in [1.54, 1.807) is 22.6 Å². The monoisotopic (exact) mass is 347 g/mol. The van der Waals surface area contributed by atoms with E-state index < -0.39 is 42.5 Å². The van der Waals surface area contributed by atoms with Gasteiger partial charge in [0, 0.05) is 0 Å². The van der Waals surface area contributed by atoms with Crippen LogP contribution in [0.25, 0.3) is 0 Å². The molecule has 16 heavy (non-hydrogen) atoms. The van der Waals surface area contributed by atoms with Gasteiger partial charge in [0.25, 0.3) is 0 Å². The van der Waals surface area contributed by atoms with Gasteiger partial charge in [0.2, 0.25) is 11.6 Å². The van der Waals surface area contributed by atoms with Crippen LogP contribution in [0.15, 0.2) is 0 Å². The van der Waals surface area contributed by atoms with Crippen molar-refractivity contribution in [3.05, 3.63) is 0 Å². The van der Waals surface area contributed by atoms with Gasteiger partial charge in [0.05, 0.1) is 11.0 Å². The second-order valence-corrected chi connectivity index (χ2v) is 3.94. The van der Waals surface area contributed by atoms with Crippen LogP contribution >= 0.6 is 22.6 Å². The molecular formula is C8H14INO6. The third kappa shape index (κ3) is 4.03. The number of ketones is 2. The Hall–Kier alpha value is -0.130. The standard InChI is InChI=1S/C8H14INO6/c9-1-3(12)6(14)5(10)8(16)7(15)4(13)2-11/h4-5,7-8,11,13,15-16H,1-2,10H2/t4-,5+,7-,8-/m1/s1. The molecule has 0 saturated carbocycles. The molecule has 0 fully saturated rings. The summed E-state index contributed by atoms with van der Waals surface area (Å²) in [7, 11) is 0. The molecule has 0 bridgehead atoms. The normalized spacial score (nSPS) is 18.6. The zero-order valence-electron chi connectivity index (χ0n) is 8.28. The maximum atomic E-state index is 11.2. The second kappa shape index (κ2) is 7.25. The van der Waals surface area contributed by atoms with Crippen molar-refractivity contribution in [2.75, 3.05) is 11.0 Å². The van der Waals surface area contributed by atoms with E-state index in [1.807, 2.05) is 0 Å². The molecule has 0 aromatic heterocycles. The molecule has 0 aliphatic carbocycles. The topological polar surface area (TPSA) is 141 Å². The first-order valence-corrected chi connectivity index (χ1v) is 5.93. The van der Waals surface area contributed by atoms with Gasteiger partial charge in [-0.1, -0.05) is 22.6 Å². The van der Waals surface area contributed by atoms with Crippen LogP contribution in [0, 0.1) is 0 Å². The molecule has 0 aliphatic rings. The Morgan fingerprint density at radius 1 is 1.19 bits per heavy atom. The molecule has 8 heteroatoms. The van der Waals surface area contributed by atoms with Crippen LogP contribution in [0.5, 0.6) is 0 Å². The molecule has 0 spiro atoms. The highest BCUT2D eigenvalue weighted by molar-refractivity contribution is 14.1. The molecule has 0 unspecified atom stereocenters. The van der Waals surface area contributed by atoms with Crippen molar-refractivity contribution >= 4 is 34.2 Å². The first kappa shape index (κ1) is 15.9. The molecule has 4 atom stereocenters. The Morgan fingerprint density at radius 2 is 1.69 bits per heavy atom. The number of alkyl halides is 1. The summed E-state index contributed by atoms with van der Waals surface area (Å²) < 4.78 is -0.0876. The van der Waals surface area contributed by atoms with Crippen LogP contribution in [0.2, 0.25) is 0 Å². The van der Waals surface area contributed by atoms with Crippen molar-refractivity contribution in [1.29, 1.82) is 0 Å². The Kier molecular flexibility index (Phi) is 7.19. The number of hydrogen-bond acceptors (Lipinski definition) is 7. The molecule has 0 aromatic rings. The lowest BCUT2D eigenvalue weighted by atomic mass is 9.97. The van der Waals surface area contributed by atoms with Gasteiger partial charge >= 0.3 is 0 Å². The molecule has 7 nitrogen and oxygen atoms in total. The number of hydrogen-bond donors (Lipinski definition) is 5. The SMILES string of the molecule is N[C@@H](C(=O)C(=O)CI)[C@@H](O)[C@H](O)[C@H](O)CO. The summed E-state index contributed by atoms with van der Waals surface area (Å²) >= 11 is 1.66. The van der Waals surface area contributed by atoms with E-state index in [2.05, 4.69) is 0 Å². The van der Waals surface area contributed by atoms with Gasteiger partial charge in [-0.25, -0.2) is 0 Å². The van der Waals surface area contributed by atoms with E-state index in [9.17, 15) is 19.8 Å². The Morgan fingerprint density at radius 3 is 2.06 bits per heavy atom. The first-order valence-electron chi connectivity index (χ1n) is 4.40. The van der Waals surface area contributed by atoms with Crippen molar-refractivity contribution in [2.45, 2.75) is 24.4 Å². The van der Waals surface area contributed by atoms with E-state index in [0.717, 1.165) is 0 Å². The molecule has 94 valence electrons. The fraction of sp³-hybridized carbons (Fsp3) is 0.750. The quantitative estimate of drug-likeness (QED) is 0.187. The summed E-state index contributed by atoms with van der Waals surface area (Å²) in [6.45, 7) is -0.792. The highest BCUT2D eigenvalue weighted by Gasteiger charge is 2.35. The summed E-state index contributed by atoms with van der Waals surface area (Å²) in [5, 5.41) is 36.2. The zero-order valence-corrected chi connectivity index (χ0v) is 10.4. The lowest BCUT2D eigenvalue weighted by Gasteiger charge is -2.24. The van der Waals surface area contributed by atoms with E-state index in [-0.39, 0.29) is 4.43 Å². The van der Waals surface area contributed by atoms with Gasteiger partial charge in [-0.15, -0.1) is 0 Å². The average molecular weight is 347 g/mol. The number of carbonyl (C=O) groups is 2. The predicted octanol–water partition coefficient (Wildman–Crippen LogP) is -3.04. The van der Waals surface area contributed by atoms with Crippen LogP contribution in [-0.2, 0) is 9.59 Å². The third-order valence-corrected chi connectivity index (χ3v) is 2.69. The molecule has 0 radical (unpaired) electrons. The fourth-order valence-corrected chi connectivity index (χ4v) is 1.33. The van der Waals surface area contributed by atoms with Gasteiger partial charge in [-0.2, -0.15) is 0 Å². The summed E-state index contributed by atoms with van der Waals surface area (Å²) in [6, 6.07) is -1.61. The van der Waals surface area contributed by atoms with Gasteiger partial charge < -0.3 is 26.2 Å². The summed E-state index contributed by atoms with van der Waals surface area (Å²) in [5.41, 5.74) is 5.25. The molecule has 0 amide bonds. The number of aliphatic hydroxyl groups is 4. The summed E-state index contributed by atoms with van der Waals surface area (Å²) in [5.74, 6) is -1.80. The number of carbonyl (C=O) groups excluding carboxylic acids is 2. The lowest BCUT2D eigenvalue weighted by molar-refractivity contribution is -0.140. The van der Waals surface area contributed by atoms with Crippen molar-refractivity contribution in [3.63, 3.8) is 0 Å². The minimum absolute atomic E-state index is 0.0876. The maximum Gasteiger partial charge on any atom is 0.218 e. The third-order valence-electron chi connectivity index (χ3n) is 2.00. The number of rotatable bonds is 7. The average Bonchev–Trinajstić information content (AvgIpc) is 2.32. The zero-order chi connectivity index (χ0) is 12.9. The smallest absolute Gasteiger partial charge is 0.218 e. The molecule has 0 saturated heterocycles. The fourth-order valence-electron chi connectivity index (χ4n) is 0.955. The van der Waals surface area contributed by atoms with Crippen molar-refractivity contribution in [2.24, 2.45) is 5.73 Å². The van der Waals surface area contributed by atoms with E-state index in [4.69, 9.17) is 15.9 Å². The second-order valence-electron chi connectivity index (χ2n) is 3.18. The first-order chi connectivity index (χ1) is 7.36. The number of nitrogens with two attached hydrogens (primary N) is 1. The van der Waals surface area contributed by atoms with E-state index in [1.165, 1.54) is 0 Å². The molecular weight excluding hydrogens is 333 g/mol. The van der Waals surface area contributed by atoms with Gasteiger partial charge in [-0.05, 0) is 0 Å². The van der Waals surface area contributed by atoms with Gasteiger partial charge in [0.15, 0.2) is 0 Å². The maximum absolute atomic E-state index is 11.2. The molecule has 0 aromatic carbocycles.